The molecule has 160 valence electrons. The average molecular weight is 447 g/mol. The van der Waals surface area contributed by atoms with Crippen molar-refractivity contribution >= 4 is 11.3 Å². The minimum atomic E-state index is -4.43. The van der Waals surface area contributed by atoms with E-state index in [1.807, 2.05) is 13.0 Å². The molecule has 0 atom stereocenters. The fraction of sp³-hybridized carbons (Fsp3) is 0.200. The second-order valence-electron chi connectivity index (χ2n) is 6.74. The summed E-state index contributed by atoms with van der Waals surface area (Å²) < 4.78 is 47.0. The molecule has 11 heteroatoms. The summed E-state index contributed by atoms with van der Waals surface area (Å²) in [6, 6.07) is 10.4. The quantitative estimate of drug-likeness (QED) is 0.462. The summed E-state index contributed by atoms with van der Waals surface area (Å²) in [6.45, 7) is 1.97. The first-order valence-corrected chi connectivity index (χ1v) is 9.96. The second kappa shape index (κ2) is 7.99. The molecule has 0 spiro atoms. The molecule has 0 amide bonds. The van der Waals surface area contributed by atoms with Crippen LogP contribution in [0.1, 0.15) is 16.7 Å². The topological polar surface area (TPSA) is 74.8 Å². The summed E-state index contributed by atoms with van der Waals surface area (Å²) in [5.41, 5.74) is 1.75. The van der Waals surface area contributed by atoms with E-state index >= 15 is 0 Å². The number of halogens is 3. The highest BCUT2D eigenvalue weighted by Crippen LogP contribution is 2.33. The van der Waals surface area contributed by atoms with Crippen molar-refractivity contribution in [3.8, 4) is 22.1 Å². The van der Waals surface area contributed by atoms with Crippen LogP contribution in [0, 0.1) is 6.92 Å². The molecule has 0 bridgehead atoms. The number of tetrazole rings is 1. The van der Waals surface area contributed by atoms with Crippen molar-refractivity contribution in [2.75, 3.05) is 0 Å². The Morgan fingerprint density at radius 3 is 2.61 bits per heavy atom. The van der Waals surface area contributed by atoms with E-state index in [1.165, 1.54) is 29.1 Å². The van der Waals surface area contributed by atoms with Gasteiger partial charge in [0.25, 0.3) is 5.19 Å². The summed E-state index contributed by atoms with van der Waals surface area (Å²) in [5.74, 6) is 0. The van der Waals surface area contributed by atoms with Gasteiger partial charge in [-0.3, -0.25) is 0 Å². The Morgan fingerprint density at radius 2 is 1.90 bits per heavy atom. The van der Waals surface area contributed by atoms with Gasteiger partial charge in [-0.1, -0.05) is 35.6 Å². The maximum Gasteiger partial charge on any atom is 0.416 e. The van der Waals surface area contributed by atoms with Gasteiger partial charge in [0.2, 0.25) is 0 Å². The highest BCUT2D eigenvalue weighted by atomic mass is 32.1. The monoisotopic (exact) mass is 447 g/mol. The molecule has 0 radical (unpaired) electrons. The number of ether oxygens (including phenoxy) is 1. The van der Waals surface area contributed by atoms with Crippen molar-refractivity contribution in [2.45, 2.75) is 19.7 Å². The Kier molecular flexibility index (Phi) is 5.36. The molecule has 4 aromatic rings. The van der Waals surface area contributed by atoms with Crippen LogP contribution < -0.4 is 10.4 Å². The van der Waals surface area contributed by atoms with E-state index in [-0.39, 0.29) is 6.61 Å². The summed E-state index contributed by atoms with van der Waals surface area (Å²) in [7, 11) is 1.50. The number of hydrogen-bond acceptors (Lipinski definition) is 6. The lowest BCUT2D eigenvalue weighted by Gasteiger charge is -2.11. The predicted molar refractivity (Wildman–Crippen MR) is 108 cm³/mol. The number of nitrogens with zero attached hydrogens (tertiary/aromatic N) is 5. The molecule has 4 rings (SSSR count). The van der Waals surface area contributed by atoms with E-state index in [9.17, 15) is 18.0 Å². The predicted octanol–water partition coefficient (Wildman–Crippen LogP) is 4.00. The molecule has 0 aliphatic heterocycles. The van der Waals surface area contributed by atoms with E-state index in [0.717, 1.165) is 27.9 Å². The maximum atomic E-state index is 13.0. The number of alkyl halides is 3. The zero-order chi connectivity index (χ0) is 22.2. The van der Waals surface area contributed by atoms with Crippen LogP contribution in [-0.4, -0.2) is 24.8 Å². The number of rotatable bonds is 5. The van der Waals surface area contributed by atoms with E-state index in [2.05, 4.69) is 15.4 Å². The number of aromatic nitrogens is 5. The van der Waals surface area contributed by atoms with Crippen molar-refractivity contribution in [2.24, 2.45) is 7.05 Å². The summed E-state index contributed by atoms with van der Waals surface area (Å²) >= 11 is 1.18. The highest BCUT2D eigenvalue weighted by Gasteiger charge is 2.30. The molecule has 7 nitrogen and oxygen atoms in total. The van der Waals surface area contributed by atoms with Crippen LogP contribution in [0.5, 0.6) is 5.19 Å². The largest absolute Gasteiger partial charge is 0.465 e. The molecule has 2 heterocycles. The zero-order valence-corrected chi connectivity index (χ0v) is 17.2. The third-order valence-electron chi connectivity index (χ3n) is 4.64. The van der Waals surface area contributed by atoms with Gasteiger partial charge in [0.1, 0.15) is 6.61 Å². The number of thiazole rings is 1. The molecular weight excluding hydrogens is 431 g/mol. The maximum absolute atomic E-state index is 13.0. The fourth-order valence-corrected chi connectivity index (χ4v) is 3.66. The Bertz CT molecular complexity index is 1290. The van der Waals surface area contributed by atoms with E-state index in [4.69, 9.17) is 4.74 Å². The Morgan fingerprint density at radius 1 is 1.13 bits per heavy atom. The molecule has 0 saturated carbocycles. The van der Waals surface area contributed by atoms with Gasteiger partial charge in [0, 0.05) is 23.6 Å². The van der Waals surface area contributed by atoms with Gasteiger partial charge >= 0.3 is 11.9 Å². The first-order valence-electron chi connectivity index (χ1n) is 9.08. The lowest BCUT2D eigenvalue weighted by atomic mass is 10.1. The number of hydrogen-bond donors (Lipinski definition) is 0. The average Bonchev–Trinajstić information content (AvgIpc) is 3.34. The fourth-order valence-electron chi connectivity index (χ4n) is 2.98. The molecule has 2 aromatic carbocycles. The first kappa shape index (κ1) is 20.8. The lowest BCUT2D eigenvalue weighted by molar-refractivity contribution is -0.137. The van der Waals surface area contributed by atoms with Crippen LogP contribution in [0.15, 0.2) is 52.6 Å². The zero-order valence-electron chi connectivity index (χ0n) is 16.4. The van der Waals surface area contributed by atoms with Crippen LogP contribution in [0.25, 0.3) is 16.9 Å². The van der Waals surface area contributed by atoms with Crippen molar-refractivity contribution in [1.29, 1.82) is 0 Å². The number of aryl methyl sites for hydroxylation is 2. The highest BCUT2D eigenvalue weighted by molar-refractivity contribution is 7.11. The van der Waals surface area contributed by atoms with Crippen LogP contribution >= 0.6 is 11.3 Å². The van der Waals surface area contributed by atoms with Crippen LogP contribution in [0.3, 0.4) is 0 Å². The first-order chi connectivity index (χ1) is 14.7. The minimum absolute atomic E-state index is 0.0978. The van der Waals surface area contributed by atoms with Crippen molar-refractivity contribution < 1.29 is 17.9 Å². The summed E-state index contributed by atoms with van der Waals surface area (Å²) in [4.78, 5) is 16.5. The smallest absolute Gasteiger partial charge is 0.416 e. The van der Waals surface area contributed by atoms with Gasteiger partial charge in [-0.05, 0) is 41.1 Å². The van der Waals surface area contributed by atoms with Gasteiger partial charge in [-0.15, -0.1) is 0 Å². The normalized spacial score (nSPS) is 11.6. The third-order valence-corrected chi connectivity index (χ3v) is 5.40. The lowest BCUT2D eigenvalue weighted by Crippen LogP contribution is -2.23. The third kappa shape index (κ3) is 4.22. The van der Waals surface area contributed by atoms with Crippen molar-refractivity contribution in [3.63, 3.8) is 0 Å². The van der Waals surface area contributed by atoms with Crippen LogP contribution in [0.2, 0.25) is 0 Å². The van der Waals surface area contributed by atoms with E-state index in [1.54, 1.807) is 23.6 Å². The van der Waals surface area contributed by atoms with Crippen molar-refractivity contribution in [3.05, 3.63) is 75.0 Å². The van der Waals surface area contributed by atoms with Gasteiger partial charge in [0.05, 0.1) is 16.9 Å². The standard InChI is InChI=1S/C20H16F3N5O2S/c1-12-5-3-8-17(28-19(29)27(2)25-26-28)15(12)10-30-18-24-16(11-31-18)13-6-4-7-14(9-13)20(21,22)23/h3-9,11H,10H2,1-2H3. The van der Waals surface area contributed by atoms with Gasteiger partial charge in [-0.25, -0.2) is 9.78 Å². The molecule has 0 saturated heterocycles. The van der Waals surface area contributed by atoms with Gasteiger partial charge in [-0.2, -0.15) is 22.5 Å². The van der Waals surface area contributed by atoms with Gasteiger partial charge in [0.15, 0.2) is 0 Å². The summed E-state index contributed by atoms with van der Waals surface area (Å²) in [6.07, 6.45) is -4.43. The summed E-state index contributed by atoms with van der Waals surface area (Å²) in [5, 5.41) is 9.53. The molecule has 0 aliphatic rings. The van der Waals surface area contributed by atoms with Crippen LogP contribution in [0.4, 0.5) is 13.2 Å². The SMILES string of the molecule is Cc1cccc(-n2nnn(C)c2=O)c1COc1nc(-c2cccc(C(F)(F)F)c2)cs1. The number of benzene rings is 2. The molecule has 31 heavy (non-hydrogen) atoms. The molecule has 0 N–H and O–H groups in total. The molecule has 0 fully saturated rings. The van der Waals surface area contributed by atoms with Crippen molar-refractivity contribution in [1.82, 2.24) is 24.8 Å². The molecule has 0 aliphatic carbocycles. The Labute approximate surface area is 178 Å². The second-order valence-corrected chi connectivity index (χ2v) is 7.56. The van der Waals surface area contributed by atoms with E-state index < -0.39 is 17.4 Å². The minimum Gasteiger partial charge on any atom is -0.465 e. The van der Waals surface area contributed by atoms with Gasteiger partial charge < -0.3 is 4.74 Å². The Hall–Kier alpha value is -3.47. The Balaban J connectivity index is 1.58. The molecule has 2 aromatic heterocycles. The molecule has 0 unspecified atom stereocenters. The van der Waals surface area contributed by atoms with Crippen LogP contribution in [-0.2, 0) is 19.8 Å². The molecular formula is C20H16F3N5O2S. The van der Waals surface area contributed by atoms with E-state index in [0.29, 0.717) is 22.1 Å².